The van der Waals surface area contributed by atoms with Crippen LogP contribution in [0.1, 0.15) is 82.5 Å². The molecular weight excluding hydrogens is 499 g/mol. The number of hydrogen-bond acceptors (Lipinski definition) is 4. The molecule has 0 spiro atoms. The molecule has 1 aromatic carbocycles. The van der Waals surface area contributed by atoms with Gasteiger partial charge in [0.2, 0.25) is 0 Å². The summed E-state index contributed by atoms with van der Waals surface area (Å²) in [6, 6.07) is 5.30. The van der Waals surface area contributed by atoms with Gasteiger partial charge in [-0.05, 0) is 121 Å². The Morgan fingerprint density at radius 2 is 1.68 bits per heavy atom. The monoisotopic (exact) mass is 530 g/mol. The highest BCUT2D eigenvalue weighted by atomic mass is 79.9. The molecule has 4 aliphatic rings. The number of esters is 1. The summed E-state index contributed by atoms with van der Waals surface area (Å²) in [5.74, 6) is 0.327. The van der Waals surface area contributed by atoms with E-state index in [0.29, 0.717) is 24.7 Å². The van der Waals surface area contributed by atoms with Crippen LogP contribution in [0.4, 0.5) is 4.39 Å². The Morgan fingerprint density at radius 1 is 1.00 bits per heavy atom. The van der Waals surface area contributed by atoms with Crippen LogP contribution in [0.25, 0.3) is 0 Å². The van der Waals surface area contributed by atoms with Crippen molar-refractivity contribution in [2.45, 2.75) is 77.7 Å². The summed E-state index contributed by atoms with van der Waals surface area (Å²) in [7, 11) is 0. The van der Waals surface area contributed by atoms with Crippen LogP contribution in [0.5, 0.6) is 0 Å². The lowest BCUT2D eigenvalue weighted by Gasteiger charge is -2.59. The number of ketones is 2. The van der Waals surface area contributed by atoms with Gasteiger partial charge in [-0.15, -0.1) is 0 Å². The fourth-order valence-corrected chi connectivity index (χ4v) is 9.12. The molecule has 0 aromatic heterocycles. The van der Waals surface area contributed by atoms with Crippen molar-refractivity contribution >= 4 is 33.5 Å². The molecule has 4 aliphatic carbocycles. The first-order chi connectivity index (χ1) is 16.0. The number of carbonyl (C=O) groups is 3. The molecule has 0 radical (unpaired) electrons. The zero-order valence-electron chi connectivity index (χ0n) is 20.1. The van der Waals surface area contributed by atoms with Gasteiger partial charge in [0.1, 0.15) is 5.82 Å². The van der Waals surface area contributed by atoms with Crippen molar-refractivity contribution < 1.29 is 23.5 Å². The minimum atomic E-state index is -1.16. The van der Waals surface area contributed by atoms with E-state index in [1.165, 1.54) is 29.8 Å². The molecule has 4 nitrogen and oxygen atoms in total. The summed E-state index contributed by atoms with van der Waals surface area (Å²) in [4.78, 5) is 38.6. The van der Waals surface area contributed by atoms with Crippen molar-refractivity contribution in [1.82, 2.24) is 0 Å². The van der Waals surface area contributed by atoms with Crippen molar-refractivity contribution in [3.8, 4) is 0 Å². The van der Waals surface area contributed by atoms with E-state index in [4.69, 9.17) is 4.74 Å². The van der Waals surface area contributed by atoms with Gasteiger partial charge in [0.05, 0.1) is 10.0 Å². The number of Topliss-reactive ketones (excluding diaryl/α,β-unsaturated/α-hetero) is 2. The Hall–Kier alpha value is -1.82. The normalized spacial score (nSPS) is 39.2. The summed E-state index contributed by atoms with van der Waals surface area (Å²) < 4.78 is 20.3. The van der Waals surface area contributed by atoms with Gasteiger partial charge in [-0.3, -0.25) is 9.59 Å². The van der Waals surface area contributed by atoms with E-state index in [1.807, 2.05) is 0 Å². The lowest BCUT2D eigenvalue weighted by atomic mass is 9.46. The first kappa shape index (κ1) is 23.9. The van der Waals surface area contributed by atoms with Crippen molar-refractivity contribution in [3.05, 3.63) is 45.7 Å². The quantitative estimate of drug-likeness (QED) is 0.415. The number of fused-ring (bicyclic) bond motifs is 5. The van der Waals surface area contributed by atoms with Crippen LogP contribution in [0, 0.1) is 34.4 Å². The minimum Gasteiger partial charge on any atom is -0.447 e. The third kappa shape index (κ3) is 3.23. The van der Waals surface area contributed by atoms with Gasteiger partial charge < -0.3 is 4.74 Å². The highest BCUT2D eigenvalue weighted by Crippen LogP contribution is 2.69. The Labute approximate surface area is 208 Å². The van der Waals surface area contributed by atoms with E-state index in [1.54, 1.807) is 6.92 Å². The fraction of sp³-hybridized carbons (Fsp3) is 0.607. The van der Waals surface area contributed by atoms with Crippen LogP contribution in [-0.4, -0.2) is 23.1 Å². The lowest BCUT2D eigenvalue weighted by Crippen LogP contribution is -2.58. The van der Waals surface area contributed by atoms with Crippen molar-refractivity contribution in [3.63, 3.8) is 0 Å². The number of rotatable bonds is 3. The first-order valence-electron chi connectivity index (χ1n) is 12.5. The van der Waals surface area contributed by atoms with Crippen molar-refractivity contribution in [2.75, 3.05) is 0 Å². The topological polar surface area (TPSA) is 60.4 Å². The van der Waals surface area contributed by atoms with Crippen LogP contribution in [-0.2, 0) is 14.3 Å². The maximum absolute atomic E-state index is 13.4. The SMILES string of the molecule is CC(=O)[C@@]1(OC(=O)c2ccc(F)cc2)CCC2C3CCC4=C(Br)C(=O)CC[C@]4(C)C3CC[C@@]21C. The highest BCUT2D eigenvalue weighted by Gasteiger charge is 2.68. The maximum Gasteiger partial charge on any atom is 0.339 e. The van der Waals surface area contributed by atoms with E-state index in [-0.39, 0.29) is 28.5 Å². The van der Waals surface area contributed by atoms with Crippen LogP contribution in [0.15, 0.2) is 34.3 Å². The summed E-state index contributed by atoms with van der Waals surface area (Å²) in [6.07, 6.45) is 6.51. The second-order valence-electron chi connectivity index (χ2n) is 11.3. The average molecular weight is 531 g/mol. The zero-order valence-corrected chi connectivity index (χ0v) is 21.7. The van der Waals surface area contributed by atoms with Crippen LogP contribution in [0.3, 0.4) is 0 Å². The molecule has 6 atom stereocenters. The maximum atomic E-state index is 13.4. The minimum absolute atomic E-state index is 0.00323. The Bertz CT molecular complexity index is 1090. The smallest absolute Gasteiger partial charge is 0.339 e. The number of ether oxygens (including phenoxy) is 1. The van der Waals surface area contributed by atoms with Gasteiger partial charge in [-0.2, -0.15) is 0 Å². The van der Waals surface area contributed by atoms with E-state index in [9.17, 15) is 18.8 Å². The number of hydrogen-bond donors (Lipinski definition) is 0. The number of benzene rings is 1. The largest absolute Gasteiger partial charge is 0.447 e. The molecule has 0 N–H and O–H groups in total. The van der Waals surface area contributed by atoms with E-state index in [0.717, 1.165) is 43.0 Å². The predicted molar refractivity (Wildman–Crippen MR) is 130 cm³/mol. The van der Waals surface area contributed by atoms with Gasteiger partial charge >= 0.3 is 5.97 Å². The molecule has 3 fully saturated rings. The molecule has 34 heavy (non-hydrogen) atoms. The van der Waals surface area contributed by atoms with Gasteiger partial charge in [-0.1, -0.05) is 13.8 Å². The molecule has 0 aliphatic heterocycles. The highest BCUT2D eigenvalue weighted by molar-refractivity contribution is 9.12. The molecular formula is C28H32BrFO4. The van der Waals surface area contributed by atoms with Gasteiger partial charge in [0, 0.05) is 11.8 Å². The van der Waals surface area contributed by atoms with Gasteiger partial charge in [0.15, 0.2) is 17.2 Å². The summed E-state index contributed by atoms with van der Waals surface area (Å²) >= 11 is 3.61. The number of allylic oxidation sites excluding steroid dienone is 1. The lowest BCUT2D eigenvalue weighted by molar-refractivity contribution is -0.161. The van der Waals surface area contributed by atoms with Crippen LogP contribution in [0.2, 0.25) is 0 Å². The summed E-state index contributed by atoms with van der Waals surface area (Å²) in [5, 5.41) is 0. The van der Waals surface area contributed by atoms with Crippen molar-refractivity contribution in [2.24, 2.45) is 28.6 Å². The molecule has 0 heterocycles. The standard InChI is InChI=1S/C28H32BrFO4/c1-16(31)28(34-25(33)17-4-6-18(30)7-5-17)15-11-21-19-8-9-22-24(29)23(32)12-13-26(22,2)20(19)10-14-27(21,28)3/h4-7,19-21H,8-15H2,1-3H3/t19?,20?,21?,26-,27+,28+/m1/s1. The van der Waals surface area contributed by atoms with Gasteiger partial charge in [-0.25, -0.2) is 9.18 Å². The third-order valence-electron chi connectivity index (χ3n) is 10.1. The van der Waals surface area contributed by atoms with Crippen molar-refractivity contribution in [1.29, 1.82) is 0 Å². The molecule has 3 unspecified atom stereocenters. The molecule has 6 heteroatoms. The molecule has 5 rings (SSSR count). The fourth-order valence-electron chi connectivity index (χ4n) is 8.27. The number of halogens is 2. The Balaban J connectivity index is 1.47. The van der Waals surface area contributed by atoms with Crippen LogP contribution < -0.4 is 0 Å². The van der Waals surface area contributed by atoms with E-state index < -0.39 is 22.8 Å². The average Bonchev–Trinajstić information content (AvgIpc) is 3.10. The molecule has 0 amide bonds. The predicted octanol–water partition coefficient (Wildman–Crippen LogP) is 6.56. The Morgan fingerprint density at radius 3 is 2.35 bits per heavy atom. The Kier molecular flexibility index (Phi) is 5.70. The third-order valence-corrected chi connectivity index (χ3v) is 11.0. The van der Waals surface area contributed by atoms with E-state index >= 15 is 0 Å². The molecule has 1 aromatic rings. The van der Waals surface area contributed by atoms with Crippen LogP contribution >= 0.6 is 15.9 Å². The summed E-state index contributed by atoms with van der Waals surface area (Å²) in [5.41, 5.74) is -0.0430. The van der Waals surface area contributed by atoms with Gasteiger partial charge in [0.25, 0.3) is 0 Å². The first-order valence-corrected chi connectivity index (χ1v) is 13.2. The molecule has 0 bridgehead atoms. The summed E-state index contributed by atoms with van der Waals surface area (Å²) in [6.45, 7) is 6.02. The molecule has 0 saturated heterocycles. The number of carbonyl (C=O) groups excluding carboxylic acids is 3. The molecule has 182 valence electrons. The second kappa shape index (κ2) is 8.11. The zero-order chi connectivity index (χ0) is 24.5. The molecule has 3 saturated carbocycles. The van der Waals surface area contributed by atoms with E-state index in [2.05, 4.69) is 29.8 Å². The second-order valence-corrected chi connectivity index (χ2v) is 12.1.